The van der Waals surface area contributed by atoms with Crippen molar-refractivity contribution in [2.24, 2.45) is 5.41 Å². The zero-order chi connectivity index (χ0) is 12.3. The van der Waals surface area contributed by atoms with Gasteiger partial charge in [-0.3, -0.25) is 0 Å². The number of rotatable bonds is 4. The molecule has 0 bridgehead atoms. The highest BCUT2D eigenvalue weighted by Gasteiger charge is 2.35. The van der Waals surface area contributed by atoms with Gasteiger partial charge >= 0.3 is 0 Å². The van der Waals surface area contributed by atoms with Crippen LogP contribution in [0.4, 0.5) is 0 Å². The standard InChI is InChI=1S/C14H24N2O/c1-14(2)8-5-4-6-11(14)12-10-16-13(17-12)7-9-15-3/h10-11,15H,4-9H2,1-3H3. The van der Waals surface area contributed by atoms with E-state index in [1.54, 1.807) is 0 Å². The van der Waals surface area contributed by atoms with Gasteiger partial charge in [-0.2, -0.15) is 0 Å². The van der Waals surface area contributed by atoms with E-state index in [1.165, 1.54) is 25.7 Å². The monoisotopic (exact) mass is 236 g/mol. The maximum Gasteiger partial charge on any atom is 0.195 e. The Balaban J connectivity index is 2.07. The first-order valence-corrected chi connectivity index (χ1v) is 6.72. The van der Waals surface area contributed by atoms with Crippen LogP contribution >= 0.6 is 0 Å². The summed E-state index contributed by atoms with van der Waals surface area (Å²) in [5.74, 6) is 2.52. The van der Waals surface area contributed by atoms with E-state index in [9.17, 15) is 0 Å². The second kappa shape index (κ2) is 5.21. The lowest BCUT2D eigenvalue weighted by Gasteiger charge is -2.37. The molecule has 0 radical (unpaired) electrons. The summed E-state index contributed by atoms with van der Waals surface area (Å²) in [6.45, 7) is 5.63. The van der Waals surface area contributed by atoms with Crippen molar-refractivity contribution >= 4 is 0 Å². The van der Waals surface area contributed by atoms with Gasteiger partial charge in [0.1, 0.15) is 5.76 Å². The summed E-state index contributed by atoms with van der Waals surface area (Å²) < 4.78 is 5.91. The summed E-state index contributed by atoms with van der Waals surface area (Å²) in [5, 5.41) is 3.12. The zero-order valence-electron chi connectivity index (χ0n) is 11.3. The normalized spacial score (nSPS) is 23.8. The lowest BCUT2D eigenvalue weighted by Crippen LogP contribution is -2.25. The number of hydrogen-bond donors (Lipinski definition) is 1. The van der Waals surface area contributed by atoms with Crippen molar-refractivity contribution in [3.63, 3.8) is 0 Å². The van der Waals surface area contributed by atoms with Crippen LogP contribution in [0.5, 0.6) is 0 Å². The lowest BCUT2D eigenvalue weighted by atomic mass is 9.68. The Morgan fingerprint density at radius 3 is 3.00 bits per heavy atom. The zero-order valence-corrected chi connectivity index (χ0v) is 11.3. The fraction of sp³-hybridized carbons (Fsp3) is 0.786. The van der Waals surface area contributed by atoms with Crippen molar-refractivity contribution in [1.29, 1.82) is 0 Å². The number of oxazole rings is 1. The van der Waals surface area contributed by atoms with Crippen LogP contribution in [0.3, 0.4) is 0 Å². The minimum absolute atomic E-state index is 0.359. The molecule has 0 aromatic carbocycles. The van der Waals surface area contributed by atoms with E-state index >= 15 is 0 Å². The Bertz CT molecular complexity index is 357. The summed E-state index contributed by atoms with van der Waals surface area (Å²) in [5.41, 5.74) is 0.359. The largest absolute Gasteiger partial charge is 0.445 e. The molecule has 17 heavy (non-hydrogen) atoms. The molecule has 1 atom stereocenters. The molecule has 2 rings (SSSR count). The van der Waals surface area contributed by atoms with Crippen LogP contribution in [-0.4, -0.2) is 18.6 Å². The van der Waals surface area contributed by atoms with Gasteiger partial charge in [0.05, 0.1) is 6.20 Å². The van der Waals surface area contributed by atoms with Crippen molar-refractivity contribution in [2.75, 3.05) is 13.6 Å². The molecule has 0 saturated heterocycles. The summed E-state index contributed by atoms with van der Waals surface area (Å²) in [6, 6.07) is 0. The van der Waals surface area contributed by atoms with E-state index < -0.39 is 0 Å². The summed E-state index contributed by atoms with van der Waals surface area (Å²) >= 11 is 0. The molecular weight excluding hydrogens is 212 g/mol. The van der Waals surface area contributed by atoms with Crippen LogP contribution in [-0.2, 0) is 6.42 Å². The second-order valence-corrected chi connectivity index (χ2v) is 5.80. The van der Waals surface area contributed by atoms with Gasteiger partial charge in [0, 0.05) is 18.9 Å². The molecule has 3 heteroatoms. The van der Waals surface area contributed by atoms with E-state index in [0.717, 1.165) is 24.6 Å². The maximum atomic E-state index is 5.91. The van der Waals surface area contributed by atoms with Gasteiger partial charge in [0.15, 0.2) is 5.89 Å². The molecule has 3 nitrogen and oxygen atoms in total. The van der Waals surface area contributed by atoms with Gasteiger partial charge in [0.2, 0.25) is 0 Å². The van der Waals surface area contributed by atoms with Gasteiger partial charge in [-0.15, -0.1) is 0 Å². The number of nitrogens with one attached hydrogen (secondary N) is 1. The molecular formula is C14H24N2O. The molecule has 96 valence electrons. The molecule has 1 aromatic rings. The van der Waals surface area contributed by atoms with Crippen LogP contribution in [0.15, 0.2) is 10.6 Å². The Hall–Kier alpha value is -0.830. The van der Waals surface area contributed by atoms with Gasteiger partial charge in [-0.05, 0) is 25.3 Å². The number of aromatic nitrogens is 1. The third kappa shape index (κ3) is 2.89. The Labute approximate surface area is 104 Å². The Morgan fingerprint density at radius 2 is 2.29 bits per heavy atom. The molecule has 1 aliphatic carbocycles. The van der Waals surface area contributed by atoms with Gasteiger partial charge in [0.25, 0.3) is 0 Å². The van der Waals surface area contributed by atoms with Crippen LogP contribution < -0.4 is 5.32 Å². The van der Waals surface area contributed by atoms with Crippen molar-refractivity contribution in [1.82, 2.24) is 10.3 Å². The molecule has 1 saturated carbocycles. The molecule has 1 aromatic heterocycles. The van der Waals surface area contributed by atoms with E-state index in [4.69, 9.17) is 4.42 Å². The lowest BCUT2D eigenvalue weighted by molar-refractivity contribution is 0.176. The van der Waals surface area contributed by atoms with Crippen LogP contribution in [0, 0.1) is 5.41 Å². The van der Waals surface area contributed by atoms with Crippen molar-refractivity contribution in [2.45, 2.75) is 51.9 Å². The molecule has 0 amide bonds. The van der Waals surface area contributed by atoms with Gasteiger partial charge in [-0.25, -0.2) is 4.98 Å². The number of nitrogens with zero attached hydrogens (tertiary/aromatic N) is 1. The van der Waals surface area contributed by atoms with E-state index in [0.29, 0.717) is 11.3 Å². The van der Waals surface area contributed by atoms with Gasteiger partial charge in [-0.1, -0.05) is 26.7 Å². The van der Waals surface area contributed by atoms with E-state index in [2.05, 4.69) is 24.1 Å². The highest BCUT2D eigenvalue weighted by atomic mass is 16.4. The molecule has 0 aliphatic heterocycles. The topological polar surface area (TPSA) is 38.1 Å². The average molecular weight is 236 g/mol. The minimum Gasteiger partial charge on any atom is -0.445 e. The van der Waals surface area contributed by atoms with Crippen LogP contribution in [0.1, 0.15) is 57.1 Å². The SMILES string of the molecule is CNCCc1ncc(C2CCCCC2(C)C)o1. The summed E-state index contributed by atoms with van der Waals surface area (Å²) in [6.07, 6.45) is 8.04. The van der Waals surface area contributed by atoms with Crippen molar-refractivity contribution < 1.29 is 4.42 Å². The Morgan fingerprint density at radius 1 is 1.47 bits per heavy atom. The second-order valence-electron chi connectivity index (χ2n) is 5.80. The molecule has 0 spiro atoms. The van der Waals surface area contributed by atoms with Crippen molar-refractivity contribution in [3.8, 4) is 0 Å². The van der Waals surface area contributed by atoms with E-state index in [-0.39, 0.29) is 0 Å². The van der Waals surface area contributed by atoms with Crippen molar-refractivity contribution in [3.05, 3.63) is 17.8 Å². The van der Waals surface area contributed by atoms with Gasteiger partial charge < -0.3 is 9.73 Å². The predicted octanol–water partition coefficient (Wildman–Crippen LogP) is 3.12. The molecule has 1 heterocycles. The predicted molar refractivity (Wildman–Crippen MR) is 69.1 cm³/mol. The molecule has 1 fully saturated rings. The van der Waals surface area contributed by atoms with E-state index in [1.807, 2.05) is 13.2 Å². The third-order valence-corrected chi connectivity index (χ3v) is 4.01. The maximum absolute atomic E-state index is 5.91. The summed E-state index contributed by atoms with van der Waals surface area (Å²) in [7, 11) is 1.95. The number of likely N-dealkylation sites (N-methyl/N-ethyl adjacent to an activating group) is 1. The first-order valence-electron chi connectivity index (χ1n) is 6.72. The highest BCUT2D eigenvalue weighted by molar-refractivity contribution is 5.08. The molecule has 1 N–H and O–H groups in total. The smallest absolute Gasteiger partial charge is 0.195 e. The quantitative estimate of drug-likeness (QED) is 0.873. The third-order valence-electron chi connectivity index (χ3n) is 4.01. The minimum atomic E-state index is 0.359. The fourth-order valence-electron chi connectivity index (χ4n) is 2.85. The molecule has 1 aliphatic rings. The van der Waals surface area contributed by atoms with Crippen LogP contribution in [0.25, 0.3) is 0 Å². The molecule has 1 unspecified atom stereocenters. The van der Waals surface area contributed by atoms with Crippen LogP contribution in [0.2, 0.25) is 0 Å². The first kappa shape index (κ1) is 12.6. The first-order chi connectivity index (χ1) is 8.13. The average Bonchev–Trinajstić information content (AvgIpc) is 2.74. The fourth-order valence-corrected chi connectivity index (χ4v) is 2.85. The highest BCUT2D eigenvalue weighted by Crippen LogP contribution is 2.46. The Kier molecular flexibility index (Phi) is 3.87. The number of hydrogen-bond acceptors (Lipinski definition) is 3. The summed E-state index contributed by atoms with van der Waals surface area (Å²) in [4.78, 5) is 4.39.